The smallest absolute Gasteiger partial charge is 0.133 e. The molecule has 0 aromatic carbocycles. The van der Waals surface area contributed by atoms with Crippen LogP contribution in [0.4, 0.5) is 0 Å². The van der Waals surface area contributed by atoms with Crippen LogP contribution >= 0.6 is 0 Å². The Balaban J connectivity index is 2.23. The van der Waals surface area contributed by atoms with E-state index in [4.69, 9.17) is 0 Å². The van der Waals surface area contributed by atoms with Crippen molar-refractivity contribution in [3.8, 4) is 0 Å². The summed E-state index contributed by atoms with van der Waals surface area (Å²) in [6, 6.07) is 0. The molecular formula is C13H24O. The van der Waals surface area contributed by atoms with Crippen LogP contribution in [0.3, 0.4) is 0 Å². The quantitative estimate of drug-likeness (QED) is 0.605. The summed E-state index contributed by atoms with van der Waals surface area (Å²) in [7, 11) is 0. The topological polar surface area (TPSA) is 17.1 Å². The summed E-state index contributed by atoms with van der Waals surface area (Å²) in [5, 5.41) is 0. The van der Waals surface area contributed by atoms with Gasteiger partial charge in [0, 0.05) is 12.8 Å². The van der Waals surface area contributed by atoms with Gasteiger partial charge in [-0.3, -0.25) is 4.79 Å². The zero-order valence-corrected chi connectivity index (χ0v) is 9.77. The van der Waals surface area contributed by atoms with Crippen molar-refractivity contribution in [3.63, 3.8) is 0 Å². The Hall–Kier alpha value is -0.330. The van der Waals surface area contributed by atoms with Crippen molar-refractivity contribution >= 4 is 5.78 Å². The molecule has 1 saturated carbocycles. The van der Waals surface area contributed by atoms with Gasteiger partial charge in [-0.15, -0.1) is 0 Å². The third kappa shape index (κ3) is 3.81. The Morgan fingerprint density at radius 3 is 2.71 bits per heavy atom. The van der Waals surface area contributed by atoms with Crippen LogP contribution in [-0.2, 0) is 4.79 Å². The number of Topliss-reactive ketones (excluding diaryl/α,β-unsaturated/α-hetero) is 1. The first-order valence-electron chi connectivity index (χ1n) is 6.18. The molecule has 0 bridgehead atoms. The zero-order chi connectivity index (χ0) is 10.4. The lowest BCUT2D eigenvalue weighted by Gasteiger charge is -2.32. The minimum atomic E-state index is 0.350. The summed E-state index contributed by atoms with van der Waals surface area (Å²) in [4.78, 5) is 11.4. The molecule has 0 aliphatic heterocycles. The average molecular weight is 196 g/mol. The highest BCUT2D eigenvalue weighted by molar-refractivity contribution is 5.79. The zero-order valence-electron chi connectivity index (χ0n) is 9.77. The lowest BCUT2D eigenvalue weighted by Crippen LogP contribution is -2.25. The molecule has 1 fully saturated rings. The predicted octanol–water partition coefficient (Wildman–Crippen LogP) is 4.11. The van der Waals surface area contributed by atoms with Gasteiger partial charge >= 0.3 is 0 Å². The summed E-state index contributed by atoms with van der Waals surface area (Å²) in [6.45, 7) is 4.54. The van der Waals surface area contributed by atoms with E-state index < -0.39 is 0 Å². The first-order chi connectivity index (χ1) is 6.66. The van der Waals surface area contributed by atoms with E-state index in [0.717, 1.165) is 19.3 Å². The SMILES string of the molecule is CCCCCC[C@@]1(C)CCCC(=O)C1. The van der Waals surface area contributed by atoms with Crippen LogP contribution < -0.4 is 0 Å². The number of carbonyl (C=O) groups is 1. The van der Waals surface area contributed by atoms with Gasteiger partial charge in [0.1, 0.15) is 5.78 Å². The van der Waals surface area contributed by atoms with E-state index in [2.05, 4.69) is 13.8 Å². The van der Waals surface area contributed by atoms with E-state index in [1.807, 2.05) is 0 Å². The molecule has 0 aromatic rings. The third-order valence-electron chi connectivity index (χ3n) is 3.49. The number of unbranched alkanes of at least 4 members (excludes halogenated alkanes) is 3. The van der Waals surface area contributed by atoms with Crippen molar-refractivity contribution in [1.29, 1.82) is 0 Å². The van der Waals surface area contributed by atoms with Gasteiger partial charge in [0.2, 0.25) is 0 Å². The Morgan fingerprint density at radius 1 is 1.29 bits per heavy atom. The van der Waals surface area contributed by atoms with E-state index >= 15 is 0 Å². The first-order valence-corrected chi connectivity index (χ1v) is 6.18. The van der Waals surface area contributed by atoms with E-state index in [1.54, 1.807) is 0 Å². The summed E-state index contributed by atoms with van der Waals surface area (Å²) in [5.74, 6) is 0.495. The molecule has 0 saturated heterocycles. The van der Waals surface area contributed by atoms with Crippen molar-refractivity contribution in [3.05, 3.63) is 0 Å². The molecule has 82 valence electrons. The fourth-order valence-electron chi connectivity index (χ4n) is 2.56. The molecule has 1 nitrogen and oxygen atoms in total. The van der Waals surface area contributed by atoms with Crippen LogP contribution in [0.1, 0.15) is 71.6 Å². The van der Waals surface area contributed by atoms with Gasteiger partial charge in [-0.05, 0) is 24.7 Å². The van der Waals surface area contributed by atoms with E-state index in [0.29, 0.717) is 11.2 Å². The first kappa shape index (κ1) is 11.7. The van der Waals surface area contributed by atoms with E-state index in [-0.39, 0.29) is 0 Å². The van der Waals surface area contributed by atoms with E-state index in [9.17, 15) is 4.79 Å². The predicted molar refractivity (Wildman–Crippen MR) is 60.3 cm³/mol. The van der Waals surface area contributed by atoms with Gasteiger partial charge in [-0.2, -0.15) is 0 Å². The maximum Gasteiger partial charge on any atom is 0.133 e. The maximum absolute atomic E-state index is 11.4. The van der Waals surface area contributed by atoms with Crippen LogP contribution in [0.5, 0.6) is 0 Å². The molecule has 1 atom stereocenters. The minimum absolute atomic E-state index is 0.350. The third-order valence-corrected chi connectivity index (χ3v) is 3.49. The molecule has 1 aliphatic carbocycles. The fourth-order valence-corrected chi connectivity index (χ4v) is 2.56. The molecule has 0 radical (unpaired) electrons. The number of hydrogen-bond acceptors (Lipinski definition) is 1. The van der Waals surface area contributed by atoms with Crippen molar-refractivity contribution in [2.75, 3.05) is 0 Å². The molecule has 1 aliphatic rings. The summed E-state index contributed by atoms with van der Waals surface area (Å²) in [5.41, 5.74) is 0.350. The number of carbonyl (C=O) groups excluding carboxylic acids is 1. The molecule has 1 rings (SSSR count). The Morgan fingerprint density at radius 2 is 2.07 bits per heavy atom. The molecule has 0 N–H and O–H groups in total. The van der Waals surface area contributed by atoms with Crippen molar-refractivity contribution in [2.24, 2.45) is 5.41 Å². The Labute approximate surface area is 88.3 Å². The second-order valence-corrected chi connectivity index (χ2v) is 5.19. The normalized spacial score (nSPS) is 28.0. The monoisotopic (exact) mass is 196 g/mol. The second kappa shape index (κ2) is 5.53. The van der Waals surface area contributed by atoms with Crippen LogP contribution in [0.25, 0.3) is 0 Å². The molecular weight excluding hydrogens is 172 g/mol. The summed E-state index contributed by atoms with van der Waals surface area (Å²) < 4.78 is 0. The Bertz CT molecular complexity index is 186. The molecule has 0 aromatic heterocycles. The summed E-state index contributed by atoms with van der Waals surface area (Å²) >= 11 is 0. The molecule has 0 spiro atoms. The highest BCUT2D eigenvalue weighted by Crippen LogP contribution is 2.38. The lowest BCUT2D eigenvalue weighted by atomic mass is 9.72. The van der Waals surface area contributed by atoms with Crippen molar-refractivity contribution in [1.82, 2.24) is 0 Å². The highest BCUT2D eigenvalue weighted by Gasteiger charge is 2.30. The van der Waals surface area contributed by atoms with Crippen LogP contribution in [0.15, 0.2) is 0 Å². The Kier molecular flexibility index (Phi) is 4.64. The minimum Gasteiger partial charge on any atom is -0.300 e. The van der Waals surface area contributed by atoms with Crippen LogP contribution in [0, 0.1) is 5.41 Å². The van der Waals surface area contributed by atoms with Gasteiger partial charge in [-0.25, -0.2) is 0 Å². The van der Waals surface area contributed by atoms with Gasteiger partial charge in [-0.1, -0.05) is 39.5 Å². The van der Waals surface area contributed by atoms with Gasteiger partial charge in [0.15, 0.2) is 0 Å². The maximum atomic E-state index is 11.4. The average Bonchev–Trinajstić information content (AvgIpc) is 2.12. The molecule has 0 heterocycles. The van der Waals surface area contributed by atoms with Gasteiger partial charge in [0.05, 0.1) is 0 Å². The molecule has 14 heavy (non-hydrogen) atoms. The largest absolute Gasteiger partial charge is 0.300 e. The fraction of sp³-hybridized carbons (Fsp3) is 0.923. The van der Waals surface area contributed by atoms with Crippen molar-refractivity contribution in [2.45, 2.75) is 71.6 Å². The highest BCUT2D eigenvalue weighted by atomic mass is 16.1. The molecule has 1 heteroatoms. The van der Waals surface area contributed by atoms with Crippen molar-refractivity contribution < 1.29 is 4.79 Å². The number of ketones is 1. The number of rotatable bonds is 5. The van der Waals surface area contributed by atoms with E-state index in [1.165, 1.54) is 38.5 Å². The van der Waals surface area contributed by atoms with Gasteiger partial charge in [0.25, 0.3) is 0 Å². The second-order valence-electron chi connectivity index (χ2n) is 5.19. The molecule has 0 amide bonds. The molecule has 0 unspecified atom stereocenters. The van der Waals surface area contributed by atoms with Crippen LogP contribution in [-0.4, -0.2) is 5.78 Å². The van der Waals surface area contributed by atoms with Crippen LogP contribution in [0.2, 0.25) is 0 Å². The lowest BCUT2D eigenvalue weighted by molar-refractivity contribution is -0.123. The van der Waals surface area contributed by atoms with Gasteiger partial charge < -0.3 is 0 Å². The number of hydrogen-bond donors (Lipinski definition) is 0. The summed E-state index contributed by atoms with van der Waals surface area (Å²) in [6.07, 6.45) is 10.7. The standard InChI is InChI=1S/C13H24O/c1-3-4-5-6-9-13(2)10-7-8-12(14)11-13/h3-11H2,1-2H3/t13-/m0/s1.